The molecule has 0 aliphatic heterocycles. The third kappa shape index (κ3) is 5.73. The van der Waals surface area contributed by atoms with Crippen molar-refractivity contribution in [3.8, 4) is 0 Å². The van der Waals surface area contributed by atoms with Crippen molar-refractivity contribution < 1.29 is 14.7 Å². The Hall–Kier alpha value is -2.05. The van der Waals surface area contributed by atoms with Gasteiger partial charge in [0.2, 0.25) is 0 Å². The number of carbonyl (C=O) groups excluding carboxylic acids is 1. The van der Waals surface area contributed by atoms with E-state index in [4.69, 9.17) is 5.11 Å². The van der Waals surface area contributed by atoms with Crippen LogP contribution >= 0.6 is 0 Å². The van der Waals surface area contributed by atoms with Gasteiger partial charge in [0, 0.05) is 19.8 Å². The maximum Gasteiger partial charge on any atom is 0.315 e. The molecule has 3 N–H and O–H groups in total. The van der Waals surface area contributed by atoms with Crippen molar-refractivity contribution in [1.82, 2.24) is 20.4 Å². The molecule has 1 aromatic rings. The van der Waals surface area contributed by atoms with E-state index in [9.17, 15) is 9.59 Å². The third-order valence-corrected chi connectivity index (χ3v) is 2.81. The molecule has 7 nitrogen and oxygen atoms in total. The molecule has 112 valence electrons. The number of rotatable bonds is 7. The lowest BCUT2D eigenvalue weighted by Gasteiger charge is -2.15. The van der Waals surface area contributed by atoms with E-state index in [1.165, 1.54) is 0 Å². The minimum Gasteiger partial charge on any atom is -0.481 e. The van der Waals surface area contributed by atoms with Crippen molar-refractivity contribution in [2.45, 2.75) is 26.8 Å². The van der Waals surface area contributed by atoms with Crippen molar-refractivity contribution in [2.24, 2.45) is 18.9 Å². The van der Waals surface area contributed by atoms with Crippen LogP contribution in [-0.4, -0.2) is 33.4 Å². The molecule has 2 amide bonds. The average Bonchev–Trinajstić information content (AvgIpc) is 2.77. The second-order valence-electron chi connectivity index (χ2n) is 5.21. The normalized spacial score (nSPS) is 12.2. The van der Waals surface area contributed by atoms with Gasteiger partial charge < -0.3 is 15.7 Å². The van der Waals surface area contributed by atoms with Gasteiger partial charge in [-0.3, -0.25) is 9.48 Å². The number of aryl methyl sites for hydroxylation is 1. The quantitative estimate of drug-likeness (QED) is 0.694. The first kappa shape index (κ1) is 16.0. The van der Waals surface area contributed by atoms with Gasteiger partial charge in [0.1, 0.15) is 0 Å². The molecule has 0 bridgehead atoms. The number of carbonyl (C=O) groups is 2. The first-order valence-corrected chi connectivity index (χ1v) is 6.61. The number of nitrogens with zero attached hydrogens (tertiary/aromatic N) is 2. The third-order valence-electron chi connectivity index (χ3n) is 2.81. The molecule has 20 heavy (non-hydrogen) atoms. The monoisotopic (exact) mass is 282 g/mol. The van der Waals surface area contributed by atoms with E-state index in [1.54, 1.807) is 24.0 Å². The predicted molar refractivity (Wildman–Crippen MR) is 74.0 cm³/mol. The molecule has 1 unspecified atom stereocenters. The molecule has 0 saturated carbocycles. The van der Waals surface area contributed by atoms with Gasteiger partial charge in [0.25, 0.3) is 0 Å². The zero-order valence-electron chi connectivity index (χ0n) is 12.1. The Bertz CT molecular complexity index is 456. The number of hydrogen-bond donors (Lipinski definition) is 3. The number of carboxylic acid groups (broad SMARTS) is 1. The molecule has 1 aromatic heterocycles. The van der Waals surface area contributed by atoms with E-state index in [2.05, 4.69) is 15.7 Å². The van der Waals surface area contributed by atoms with Crippen LogP contribution < -0.4 is 10.6 Å². The molecule has 0 fully saturated rings. The molecule has 0 aliphatic rings. The highest BCUT2D eigenvalue weighted by molar-refractivity contribution is 5.75. The number of aliphatic carboxylic acids is 1. The maximum absolute atomic E-state index is 11.6. The topological polar surface area (TPSA) is 96.3 Å². The highest BCUT2D eigenvalue weighted by Gasteiger charge is 2.19. The summed E-state index contributed by atoms with van der Waals surface area (Å²) in [4.78, 5) is 22.6. The number of nitrogens with one attached hydrogen (secondary N) is 2. The summed E-state index contributed by atoms with van der Waals surface area (Å²) in [5.41, 5.74) is 0.750. The number of aromatic nitrogens is 2. The SMILES string of the molecule is CC(C)CC(CNC(=O)NCc1ccn(C)n1)C(=O)O. The minimum atomic E-state index is -0.885. The van der Waals surface area contributed by atoms with Gasteiger partial charge in [-0.05, 0) is 18.4 Å². The Morgan fingerprint density at radius 1 is 1.40 bits per heavy atom. The Morgan fingerprint density at radius 2 is 2.10 bits per heavy atom. The molecule has 1 rings (SSSR count). The van der Waals surface area contributed by atoms with Crippen LogP contribution in [0.5, 0.6) is 0 Å². The summed E-state index contributed by atoms with van der Waals surface area (Å²) in [6.07, 6.45) is 2.33. The van der Waals surface area contributed by atoms with Crippen LogP contribution in [0.4, 0.5) is 4.79 Å². The summed E-state index contributed by atoms with van der Waals surface area (Å²) in [5.74, 6) is -1.17. The van der Waals surface area contributed by atoms with Gasteiger partial charge in [-0.2, -0.15) is 5.10 Å². The van der Waals surface area contributed by atoms with Crippen molar-refractivity contribution >= 4 is 12.0 Å². The number of carboxylic acids is 1. The second kappa shape index (κ2) is 7.52. The second-order valence-corrected chi connectivity index (χ2v) is 5.21. The lowest BCUT2D eigenvalue weighted by atomic mass is 9.97. The summed E-state index contributed by atoms with van der Waals surface area (Å²) >= 11 is 0. The van der Waals surface area contributed by atoms with Gasteiger partial charge in [0.05, 0.1) is 18.2 Å². The Balaban J connectivity index is 2.32. The smallest absolute Gasteiger partial charge is 0.315 e. The molecule has 0 aromatic carbocycles. The van der Waals surface area contributed by atoms with Crippen LogP contribution in [0, 0.1) is 11.8 Å². The molecule has 1 heterocycles. The highest BCUT2D eigenvalue weighted by Crippen LogP contribution is 2.10. The number of amides is 2. The molecule has 0 aliphatic carbocycles. The fraction of sp³-hybridized carbons (Fsp3) is 0.615. The van der Waals surface area contributed by atoms with E-state index in [1.807, 2.05) is 13.8 Å². The zero-order chi connectivity index (χ0) is 15.1. The largest absolute Gasteiger partial charge is 0.481 e. The van der Waals surface area contributed by atoms with Gasteiger partial charge in [0.15, 0.2) is 0 Å². The van der Waals surface area contributed by atoms with Crippen LogP contribution in [0.2, 0.25) is 0 Å². The number of urea groups is 1. The lowest BCUT2D eigenvalue weighted by Crippen LogP contribution is -2.40. The lowest BCUT2D eigenvalue weighted by molar-refractivity contribution is -0.142. The minimum absolute atomic E-state index is 0.127. The van der Waals surface area contributed by atoms with E-state index in [0.717, 1.165) is 5.69 Å². The molecule has 0 saturated heterocycles. The van der Waals surface area contributed by atoms with E-state index < -0.39 is 11.9 Å². The molecular formula is C13H22N4O3. The van der Waals surface area contributed by atoms with Crippen molar-refractivity contribution in [3.63, 3.8) is 0 Å². The van der Waals surface area contributed by atoms with Gasteiger partial charge in [-0.1, -0.05) is 13.8 Å². The summed E-state index contributed by atoms with van der Waals surface area (Å²) in [7, 11) is 1.80. The highest BCUT2D eigenvalue weighted by atomic mass is 16.4. The maximum atomic E-state index is 11.6. The van der Waals surface area contributed by atoms with E-state index >= 15 is 0 Å². The summed E-state index contributed by atoms with van der Waals surface area (Å²) < 4.78 is 1.65. The van der Waals surface area contributed by atoms with Crippen molar-refractivity contribution in [2.75, 3.05) is 6.54 Å². The zero-order valence-corrected chi connectivity index (χ0v) is 12.1. The Labute approximate surface area is 118 Å². The summed E-state index contributed by atoms with van der Waals surface area (Å²) in [6, 6.07) is 1.42. The molecule has 7 heteroatoms. The number of hydrogen-bond acceptors (Lipinski definition) is 3. The standard InChI is InChI=1S/C13H22N4O3/c1-9(2)6-10(12(18)19)7-14-13(20)15-8-11-4-5-17(3)16-11/h4-5,9-10H,6-8H2,1-3H3,(H,18,19)(H2,14,15,20). The first-order valence-electron chi connectivity index (χ1n) is 6.61. The van der Waals surface area contributed by atoms with E-state index in [-0.39, 0.29) is 18.5 Å². The van der Waals surface area contributed by atoms with Crippen LogP contribution in [0.15, 0.2) is 12.3 Å². The van der Waals surface area contributed by atoms with Crippen LogP contribution in [0.3, 0.4) is 0 Å². The van der Waals surface area contributed by atoms with Crippen LogP contribution in [0.1, 0.15) is 26.0 Å². The van der Waals surface area contributed by atoms with Crippen molar-refractivity contribution in [1.29, 1.82) is 0 Å². The first-order chi connectivity index (χ1) is 9.38. The fourth-order valence-corrected chi connectivity index (χ4v) is 1.85. The summed E-state index contributed by atoms with van der Waals surface area (Å²) in [6.45, 7) is 4.35. The average molecular weight is 282 g/mol. The molecule has 0 radical (unpaired) electrons. The van der Waals surface area contributed by atoms with Gasteiger partial charge in [-0.15, -0.1) is 0 Å². The Kier molecular flexibility index (Phi) is 6.02. The van der Waals surface area contributed by atoms with Crippen LogP contribution in [0.25, 0.3) is 0 Å². The van der Waals surface area contributed by atoms with Crippen molar-refractivity contribution in [3.05, 3.63) is 18.0 Å². The van der Waals surface area contributed by atoms with Crippen LogP contribution in [-0.2, 0) is 18.4 Å². The van der Waals surface area contributed by atoms with Gasteiger partial charge >= 0.3 is 12.0 Å². The molecule has 1 atom stereocenters. The molecular weight excluding hydrogens is 260 g/mol. The van der Waals surface area contributed by atoms with E-state index in [0.29, 0.717) is 13.0 Å². The fourth-order valence-electron chi connectivity index (χ4n) is 1.85. The van der Waals surface area contributed by atoms with Gasteiger partial charge in [-0.25, -0.2) is 4.79 Å². The molecule has 0 spiro atoms. The Morgan fingerprint density at radius 3 is 2.60 bits per heavy atom. The predicted octanol–water partition coefficient (Wildman–Crippen LogP) is 0.966. The summed E-state index contributed by atoms with van der Waals surface area (Å²) in [5, 5.41) is 18.4.